The third-order valence-electron chi connectivity index (χ3n) is 4.31. The van der Waals surface area contributed by atoms with Crippen molar-refractivity contribution in [2.75, 3.05) is 6.54 Å². The van der Waals surface area contributed by atoms with E-state index in [9.17, 15) is 9.90 Å². The van der Waals surface area contributed by atoms with Crippen molar-refractivity contribution in [3.05, 3.63) is 0 Å². The second-order valence-electron chi connectivity index (χ2n) is 6.15. The Balaban J connectivity index is 1.75. The van der Waals surface area contributed by atoms with Gasteiger partial charge in [-0.1, -0.05) is 0 Å². The van der Waals surface area contributed by atoms with Crippen molar-refractivity contribution < 1.29 is 14.6 Å². The summed E-state index contributed by atoms with van der Waals surface area (Å²) in [5, 5.41) is 9.49. The lowest BCUT2D eigenvalue weighted by atomic mass is 10.1. The molecule has 0 aromatic carbocycles. The first-order valence-electron chi connectivity index (χ1n) is 7.69. The summed E-state index contributed by atoms with van der Waals surface area (Å²) >= 11 is 0. The number of amides is 1. The van der Waals surface area contributed by atoms with E-state index in [0.717, 1.165) is 38.6 Å². The first-order valence-corrected chi connectivity index (χ1v) is 7.69. The molecule has 0 saturated carbocycles. The summed E-state index contributed by atoms with van der Waals surface area (Å²) in [5.41, 5.74) is 0. The number of likely N-dealkylation sites (tertiary alicyclic amines) is 1. The molecule has 2 fully saturated rings. The maximum atomic E-state index is 12.3. The van der Waals surface area contributed by atoms with Gasteiger partial charge in [0.2, 0.25) is 5.91 Å². The molecule has 0 bridgehead atoms. The minimum Gasteiger partial charge on any atom is -0.393 e. The zero-order valence-corrected chi connectivity index (χ0v) is 12.2. The highest BCUT2D eigenvalue weighted by molar-refractivity contribution is 5.76. The number of carbonyl (C=O) groups excluding carboxylic acids is 1. The number of ether oxygens (including phenoxy) is 1. The molecular formula is C15H27NO3. The van der Waals surface area contributed by atoms with Crippen LogP contribution in [0.3, 0.4) is 0 Å². The highest BCUT2D eigenvalue weighted by Crippen LogP contribution is 2.25. The topological polar surface area (TPSA) is 49.8 Å². The number of aliphatic hydroxyl groups excluding tert-OH is 1. The van der Waals surface area contributed by atoms with E-state index < -0.39 is 0 Å². The molecule has 4 atom stereocenters. The molecule has 4 heteroatoms. The molecule has 2 saturated heterocycles. The summed E-state index contributed by atoms with van der Waals surface area (Å²) in [5.74, 6) is 0.242. The van der Waals surface area contributed by atoms with E-state index in [-0.39, 0.29) is 24.2 Å². The molecule has 110 valence electrons. The van der Waals surface area contributed by atoms with Crippen LogP contribution in [0.1, 0.15) is 58.8 Å². The second-order valence-corrected chi connectivity index (χ2v) is 6.15. The average Bonchev–Trinajstić information content (AvgIpc) is 2.94. The maximum Gasteiger partial charge on any atom is 0.222 e. The monoisotopic (exact) mass is 269 g/mol. The Morgan fingerprint density at radius 2 is 2.21 bits per heavy atom. The Hall–Kier alpha value is -0.610. The molecular weight excluding hydrogens is 242 g/mol. The molecule has 2 heterocycles. The standard InChI is InChI=1S/C15H27NO3/c1-11(17)10-13-4-3-9-16(13)15(18)8-7-14-6-5-12(2)19-14/h11-14,17H,3-10H2,1-2H3. The molecule has 0 aromatic rings. The van der Waals surface area contributed by atoms with Gasteiger partial charge in [-0.05, 0) is 52.4 Å². The van der Waals surface area contributed by atoms with Gasteiger partial charge in [0, 0.05) is 19.0 Å². The predicted octanol–water partition coefficient (Wildman–Crippen LogP) is 2.10. The summed E-state index contributed by atoms with van der Waals surface area (Å²) in [6.45, 7) is 4.76. The van der Waals surface area contributed by atoms with Gasteiger partial charge in [0.05, 0.1) is 18.3 Å². The largest absolute Gasteiger partial charge is 0.393 e. The Morgan fingerprint density at radius 1 is 1.42 bits per heavy atom. The summed E-state index contributed by atoms with van der Waals surface area (Å²) in [4.78, 5) is 14.2. The van der Waals surface area contributed by atoms with Gasteiger partial charge in [0.15, 0.2) is 0 Å². The van der Waals surface area contributed by atoms with Gasteiger partial charge in [-0.2, -0.15) is 0 Å². The van der Waals surface area contributed by atoms with Crippen LogP contribution in [0.5, 0.6) is 0 Å². The van der Waals surface area contributed by atoms with Gasteiger partial charge in [0.1, 0.15) is 0 Å². The molecule has 0 radical (unpaired) electrons. The lowest BCUT2D eigenvalue weighted by Gasteiger charge is -2.26. The predicted molar refractivity (Wildman–Crippen MR) is 73.8 cm³/mol. The van der Waals surface area contributed by atoms with Gasteiger partial charge < -0.3 is 14.7 Å². The number of hydrogen-bond acceptors (Lipinski definition) is 3. The van der Waals surface area contributed by atoms with Crippen LogP contribution in [0.4, 0.5) is 0 Å². The highest BCUT2D eigenvalue weighted by atomic mass is 16.5. The fourth-order valence-electron chi connectivity index (χ4n) is 3.33. The summed E-state index contributed by atoms with van der Waals surface area (Å²) in [7, 11) is 0. The van der Waals surface area contributed by atoms with Gasteiger partial charge in [-0.25, -0.2) is 0 Å². The maximum absolute atomic E-state index is 12.3. The Morgan fingerprint density at radius 3 is 2.84 bits per heavy atom. The minimum absolute atomic E-state index is 0.242. The van der Waals surface area contributed by atoms with E-state index in [1.54, 1.807) is 6.92 Å². The molecule has 19 heavy (non-hydrogen) atoms. The van der Waals surface area contributed by atoms with Crippen LogP contribution in [0.25, 0.3) is 0 Å². The first kappa shape index (κ1) is 14.8. The molecule has 2 aliphatic heterocycles. The van der Waals surface area contributed by atoms with E-state index in [0.29, 0.717) is 18.9 Å². The van der Waals surface area contributed by atoms with Gasteiger partial charge >= 0.3 is 0 Å². The zero-order valence-electron chi connectivity index (χ0n) is 12.2. The van der Waals surface area contributed by atoms with Crippen molar-refractivity contribution in [3.8, 4) is 0 Å². The SMILES string of the molecule is CC(O)CC1CCCN1C(=O)CCC1CCC(C)O1. The lowest BCUT2D eigenvalue weighted by molar-refractivity contribution is -0.133. The lowest BCUT2D eigenvalue weighted by Crippen LogP contribution is -2.37. The van der Waals surface area contributed by atoms with Crippen molar-refractivity contribution >= 4 is 5.91 Å². The third-order valence-corrected chi connectivity index (χ3v) is 4.31. The van der Waals surface area contributed by atoms with Crippen LogP contribution in [-0.4, -0.2) is 46.8 Å². The number of nitrogens with zero attached hydrogens (tertiary/aromatic N) is 1. The summed E-state index contributed by atoms with van der Waals surface area (Å²) in [6, 6.07) is 0.246. The number of hydrogen-bond donors (Lipinski definition) is 1. The number of carbonyl (C=O) groups is 1. The van der Waals surface area contributed by atoms with E-state index in [1.165, 1.54) is 0 Å². The smallest absolute Gasteiger partial charge is 0.222 e. The molecule has 0 spiro atoms. The fraction of sp³-hybridized carbons (Fsp3) is 0.933. The van der Waals surface area contributed by atoms with Crippen LogP contribution >= 0.6 is 0 Å². The fourth-order valence-corrected chi connectivity index (χ4v) is 3.33. The average molecular weight is 269 g/mol. The Labute approximate surface area is 116 Å². The Kier molecular flexibility index (Phi) is 5.22. The molecule has 0 aliphatic carbocycles. The summed E-state index contributed by atoms with van der Waals surface area (Å²) < 4.78 is 5.75. The van der Waals surface area contributed by atoms with Gasteiger partial charge in [-0.15, -0.1) is 0 Å². The normalized spacial score (nSPS) is 32.8. The number of rotatable bonds is 5. The first-order chi connectivity index (χ1) is 9.06. The van der Waals surface area contributed by atoms with Crippen LogP contribution in [0, 0.1) is 0 Å². The molecule has 1 N–H and O–H groups in total. The van der Waals surface area contributed by atoms with Crippen LogP contribution < -0.4 is 0 Å². The molecule has 2 rings (SSSR count). The van der Waals surface area contributed by atoms with E-state index in [2.05, 4.69) is 6.92 Å². The molecule has 4 nitrogen and oxygen atoms in total. The van der Waals surface area contributed by atoms with Crippen molar-refractivity contribution in [1.29, 1.82) is 0 Å². The van der Waals surface area contributed by atoms with E-state index >= 15 is 0 Å². The van der Waals surface area contributed by atoms with E-state index in [4.69, 9.17) is 4.74 Å². The van der Waals surface area contributed by atoms with Crippen LogP contribution in [-0.2, 0) is 9.53 Å². The van der Waals surface area contributed by atoms with Crippen LogP contribution in [0.15, 0.2) is 0 Å². The highest BCUT2D eigenvalue weighted by Gasteiger charge is 2.30. The molecule has 2 aliphatic rings. The van der Waals surface area contributed by atoms with Crippen molar-refractivity contribution in [2.45, 2.75) is 83.1 Å². The van der Waals surface area contributed by atoms with Crippen molar-refractivity contribution in [2.24, 2.45) is 0 Å². The van der Waals surface area contributed by atoms with Crippen molar-refractivity contribution in [3.63, 3.8) is 0 Å². The third kappa shape index (κ3) is 4.18. The second kappa shape index (κ2) is 6.71. The summed E-state index contributed by atoms with van der Waals surface area (Å²) in [6.07, 6.45) is 6.77. The zero-order chi connectivity index (χ0) is 13.8. The Bertz CT molecular complexity index is 306. The van der Waals surface area contributed by atoms with Crippen LogP contribution in [0.2, 0.25) is 0 Å². The molecule has 0 aromatic heterocycles. The van der Waals surface area contributed by atoms with Gasteiger partial charge in [0.25, 0.3) is 0 Å². The van der Waals surface area contributed by atoms with Gasteiger partial charge in [-0.3, -0.25) is 4.79 Å². The molecule has 4 unspecified atom stereocenters. The minimum atomic E-state index is -0.322. The number of aliphatic hydroxyl groups is 1. The molecule has 1 amide bonds. The quantitative estimate of drug-likeness (QED) is 0.831. The van der Waals surface area contributed by atoms with E-state index in [1.807, 2.05) is 4.90 Å². The van der Waals surface area contributed by atoms with Crippen molar-refractivity contribution in [1.82, 2.24) is 4.90 Å².